The van der Waals surface area contributed by atoms with E-state index >= 15 is 0 Å². The molecule has 0 radical (unpaired) electrons. The average molecular weight is 227 g/mol. The smallest absolute Gasteiger partial charge is 0.160 e. The Bertz CT molecular complexity index is 525. The van der Waals surface area contributed by atoms with Gasteiger partial charge >= 0.3 is 0 Å². The van der Waals surface area contributed by atoms with Crippen LogP contribution in [0.25, 0.3) is 5.69 Å². The first kappa shape index (κ1) is 9.30. The van der Waals surface area contributed by atoms with Crippen molar-refractivity contribution in [2.24, 2.45) is 11.8 Å². The van der Waals surface area contributed by atoms with Gasteiger partial charge in [-0.3, -0.25) is 0 Å². The zero-order valence-corrected chi connectivity index (χ0v) is 9.32. The zero-order valence-electron chi connectivity index (χ0n) is 9.32. The largest absolute Gasteiger partial charge is 0.316 e. The lowest BCUT2D eigenvalue weighted by molar-refractivity contribution is 0.645. The van der Waals surface area contributed by atoms with Crippen LogP contribution in [0.2, 0.25) is 0 Å². The maximum Gasteiger partial charge on any atom is 0.160 e. The molecule has 1 aliphatic carbocycles. The van der Waals surface area contributed by atoms with Crippen molar-refractivity contribution in [2.75, 3.05) is 13.1 Å². The van der Waals surface area contributed by atoms with Gasteiger partial charge in [0.05, 0.1) is 5.69 Å². The number of hydrogen-bond acceptors (Lipinski definition) is 4. The number of nitrogens with one attached hydrogen (secondary N) is 1. The van der Waals surface area contributed by atoms with Gasteiger partial charge in [0.1, 0.15) is 0 Å². The van der Waals surface area contributed by atoms with Crippen molar-refractivity contribution >= 4 is 0 Å². The van der Waals surface area contributed by atoms with Crippen LogP contribution in [0.3, 0.4) is 0 Å². The second kappa shape index (κ2) is 3.37. The predicted octanol–water partition coefficient (Wildman–Crippen LogP) is 0.595. The van der Waals surface area contributed by atoms with Gasteiger partial charge in [-0.2, -0.15) is 4.68 Å². The van der Waals surface area contributed by atoms with Crippen LogP contribution in [0.5, 0.6) is 0 Å². The number of nitrogens with zero attached hydrogens (tertiary/aromatic N) is 4. The molecule has 0 spiro atoms. The number of para-hydroxylation sites is 1. The van der Waals surface area contributed by atoms with E-state index in [0.29, 0.717) is 5.92 Å². The van der Waals surface area contributed by atoms with E-state index in [4.69, 9.17) is 0 Å². The molecule has 5 heteroatoms. The van der Waals surface area contributed by atoms with Gasteiger partial charge < -0.3 is 5.32 Å². The molecular formula is C12H13N5. The van der Waals surface area contributed by atoms with E-state index in [2.05, 4.69) is 20.8 Å². The number of rotatable bonds is 2. The Labute approximate surface area is 98.8 Å². The van der Waals surface area contributed by atoms with Crippen LogP contribution in [0.15, 0.2) is 30.3 Å². The summed E-state index contributed by atoms with van der Waals surface area (Å²) in [7, 11) is 0. The summed E-state index contributed by atoms with van der Waals surface area (Å²) in [5, 5.41) is 15.5. The summed E-state index contributed by atoms with van der Waals surface area (Å²) in [6.45, 7) is 2.22. The summed E-state index contributed by atoms with van der Waals surface area (Å²) in [6.07, 6.45) is 0. The van der Waals surface area contributed by atoms with Crippen LogP contribution >= 0.6 is 0 Å². The highest BCUT2D eigenvalue weighted by Crippen LogP contribution is 2.55. The molecule has 2 heterocycles. The summed E-state index contributed by atoms with van der Waals surface area (Å²) in [5.74, 6) is 3.05. The third-order valence-corrected chi connectivity index (χ3v) is 3.88. The molecule has 1 aliphatic heterocycles. The minimum Gasteiger partial charge on any atom is -0.316 e. The lowest BCUT2D eigenvalue weighted by Crippen LogP contribution is -2.16. The predicted molar refractivity (Wildman–Crippen MR) is 61.7 cm³/mol. The number of piperidine rings is 1. The van der Waals surface area contributed by atoms with Gasteiger partial charge in [0, 0.05) is 5.92 Å². The second-order valence-corrected chi connectivity index (χ2v) is 4.80. The van der Waals surface area contributed by atoms with E-state index in [-0.39, 0.29) is 0 Å². The van der Waals surface area contributed by atoms with E-state index < -0.39 is 0 Å². The van der Waals surface area contributed by atoms with Gasteiger partial charge in [0.2, 0.25) is 0 Å². The molecule has 1 saturated heterocycles. The van der Waals surface area contributed by atoms with Crippen molar-refractivity contribution in [3.05, 3.63) is 36.2 Å². The van der Waals surface area contributed by atoms with Crippen LogP contribution in [0.4, 0.5) is 0 Å². The Morgan fingerprint density at radius 1 is 1.12 bits per heavy atom. The summed E-state index contributed by atoms with van der Waals surface area (Å²) < 4.78 is 1.88. The molecule has 5 nitrogen and oxygen atoms in total. The van der Waals surface area contributed by atoms with Crippen molar-refractivity contribution in [2.45, 2.75) is 5.92 Å². The highest BCUT2D eigenvalue weighted by molar-refractivity contribution is 5.33. The number of hydrogen-bond donors (Lipinski definition) is 1. The quantitative estimate of drug-likeness (QED) is 0.816. The maximum atomic E-state index is 4.21. The van der Waals surface area contributed by atoms with Gasteiger partial charge in [-0.05, 0) is 47.5 Å². The summed E-state index contributed by atoms with van der Waals surface area (Å²) in [6, 6.07) is 10.1. The standard InChI is InChI=1S/C12H13N5/c1-2-4-8(5-3-1)17-12(14-15-16-17)11-9-6-13-7-10(9)11/h1-5,9-11,13H,6-7H2. The third-order valence-electron chi connectivity index (χ3n) is 3.88. The lowest BCUT2D eigenvalue weighted by Gasteiger charge is -2.05. The van der Waals surface area contributed by atoms with Crippen LogP contribution < -0.4 is 5.32 Å². The second-order valence-electron chi connectivity index (χ2n) is 4.80. The molecule has 2 aliphatic rings. The van der Waals surface area contributed by atoms with Crippen LogP contribution in [-0.2, 0) is 0 Å². The van der Waals surface area contributed by atoms with Gasteiger partial charge in [0.15, 0.2) is 5.82 Å². The van der Waals surface area contributed by atoms with Crippen LogP contribution in [0, 0.1) is 11.8 Å². The van der Waals surface area contributed by atoms with E-state index in [1.807, 2.05) is 35.0 Å². The summed E-state index contributed by atoms with van der Waals surface area (Å²) in [4.78, 5) is 0. The Morgan fingerprint density at radius 3 is 2.65 bits per heavy atom. The molecule has 1 aromatic heterocycles. The molecular weight excluding hydrogens is 214 g/mol. The van der Waals surface area contributed by atoms with Gasteiger partial charge in [-0.25, -0.2) is 0 Å². The van der Waals surface area contributed by atoms with Gasteiger partial charge in [-0.1, -0.05) is 18.2 Å². The Kier molecular flexibility index (Phi) is 1.84. The summed E-state index contributed by atoms with van der Waals surface area (Å²) in [5.41, 5.74) is 1.05. The monoisotopic (exact) mass is 227 g/mol. The molecule has 2 fully saturated rings. The molecule has 2 unspecified atom stereocenters. The van der Waals surface area contributed by atoms with Crippen molar-refractivity contribution in [3.8, 4) is 5.69 Å². The number of benzene rings is 1. The fraction of sp³-hybridized carbons (Fsp3) is 0.417. The highest BCUT2D eigenvalue weighted by Gasteiger charge is 2.56. The van der Waals surface area contributed by atoms with Crippen molar-refractivity contribution in [1.82, 2.24) is 25.5 Å². The summed E-state index contributed by atoms with van der Waals surface area (Å²) >= 11 is 0. The van der Waals surface area contributed by atoms with E-state index in [1.165, 1.54) is 0 Å². The Balaban J connectivity index is 1.72. The number of fused-ring (bicyclic) bond motifs is 1. The molecule has 4 rings (SSSR count). The van der Waals surface area contributed by atoms with Crippen LogP contribution in [0.1, 0.15) is 11.7 Å². The highest BCUT2D eigenvalue weighted by atomic mass is 15.5. The van der Waals surface area contributed by atoms with E-state index in [0.717, 1.165) is 36.4 Å². The maximum absolute atomic E-state index is 4.21. The lowest BCUT2D eigenvalue weighted by atomic mass is 10.2. The van der Waals surface area contributed by atoms with E-state index in [1.54, 1.807) is 0 Å². The normalized spacial score (nSPS) is 30.2. The van der Waals surface area contributed by atoms with Crippen molar-refractivity contribution in [3.63, 3.8) is 0 Å². The molecule has 0 amide bonds. The van der Waals surface area contributed by atoms with Gasteiger partial charge in [-0.15, -0.1) is 5.10 Å². The zero-order chi connectivity index (χ0) is 11.2. The number of tetrazole rings is 1. The van der Waals surface area contributed by atoms with Crippen molar-refractivity contribution in [1.29, 1.82) is 0 Å². The molecule has 0 bridgehead atoms. The molecule has 2 atom stereocenters. The molecule has 1 N–H and O–H groups in total. The van der Waals surface area contributed by atoms with Crippen molar-refractivity contribution < 1.29 is 0 Å². The topological polar surface area (TPSA) is 55.6 Å². The first-order chi connectivity index (χ1) is 8.45. The first-order valence-corrected chi connectivity index (χ1v) is 5.99. The number of aromatic nitrogens is 4. The minimum absolute atomic E-state index is 0.548. The minimum atomic E-state index is 0.548. The molecule has 17 heavy (non-hydrogen) atoms. The Morgan fingerprint density at radius 2 is 1.88 bits per heavy atom. The Hall–Kier alpha value is -1.75. The fourth-order valence-corrected chi connectivity index (χ4v) is 2.96. The van der Waals surface area contributed by atoms with Crippen LogP contribution in [-0.4, -0.2) is 33.3 Å². The SMILES string of the molecule is c1ccc(-n2nnnc2C2C3CNCC32)cc1. The fourth-order valence-electron chi connectivity index (χ4n) is 2.96. The third kappa shape index (κ3) is 1.32. The molecule has 1 aromatic carbocycles. The molecule has 2 aromatic rings. The molecule has 86 valence electrons. The molecule has 1 saturated carbocycles. The van der Waals surface area contributed by atoms with E-state index in [9.17, 15) is 0 Å². The first-order valence-electron chi connectivity index (χ1n) is 5.99. The average Bonchev–Trinajstić information content (AvgIpc) is 2.80. The van der Waals surface area contributed by atoms with Gasteiger partial charge in [0.25, 0.3) is 0 Å².